The van der Waals surface area contributed by atoms with E-state index < -0.39 is 11.6 Å². The van der Waals surface area contributed by atoms with Crippen LogP contribution in [0.5, 0.6) is 0 Å². The van der Waals surface area contributed by atoms with Gasteiger partial charge < -0.3 is 10.2 Å². The number of imide groups is 1. The Kier molecular flexibility index (Phi) is 4.44. The summed E-state index contributed by atoms with van der Waals surface area (Å²) in [5.74, 6) is 0.457. The first kappa shape index (κ1) is 18.0. The van der Waals surface area contributed by atoms with E-state index in [4.69, 9.17) is 0 Å². The SMILES string of the molecule is C[C@@H]1C[C@@H](C)CN(C(=O)CN2C(=O)N[C@@]3(CCCc4ccccc43)C2=O)C1. The molecular formula is C21H27N3O3. The number of amides is 4. The van der Waals surface area contributed by atoms with Gasteiger partial charge in [-0.2, -0.15) is 0 Å². The molecule has 1 spiro atoms. The molecule has 0 bridgehead atoms. The number of carbonyl (C=O) groups excluding carboxylic acids is 3. The van der Waals surface area contributed by atoms with Gasteiger partial charge in [-0.05, 0) is 48.6 Å². The van der Waals surface area contributed by atoms with E-state index in [1.54, 1.807) is 4.90 Å². The van der Waals surface area contributed by atoms with Gasteiger partial charge in [0.15, 0.2) is 0 Å². The lowest BCUT2D eigenvalue weighted by Gasteiger charge is -2.36. The Morgan fingerprint density at radius 2 is 1.89 bits per heavy atom. The van der Waals surface area contributed by atoms with Crippen LogP contribution in [0.3, 0.4) is 0 Å². The summed E-state index contributed by atoms with van der Waals surface area (Å²) < 4.78 is 0. The molecule has 3 aliphatic rings. The van der Waals surface area contributed by atoms with Gasteiger partial charge in [0.2, 0.25) is 5.91 Å². The maximum Gasteiger partial charge on any atom is 0.325 e. The van der Waals surface area contributed by atoms with Crippen molar-refractivity contribution in [2.24, 2.45) is 11.8 Å². The fraction of sp³-hybridized carbons (Fsp3) is 0.571. The average Bonchev–Trinajstić information content (AvgIpc) is 2.86. The number of nitrogens with one attached hydrogen (secondary N) is 1. The molecule has 2 aliphatic heterocycles. The lowest BCUT2D eigenvalue weighted by molar-refractivity contribution is -0.140. The summed E-state index contributed by atoms with van der Waals surface area (Å²) in [7, 11) is 0. The van der Waals surface area contributed by atoms with Crippen LogP contribution in [0.15, 0.2) is 24.3 Å². The lowest BCUT2D eigenvalue weighted by atomic mass is 9.76. The lowest BCUT2D eigenvalue weighted by Crippen LogP contribution is -2.49. The molecule has 144 valence electrons. The summed E-state index contributed by atoms with van der Waals surface area (Å²) in [6.45, 7) is 5.49. The average molecular weight is 369 g/mol. The summed E-state index contributed by atoms with van der Waals surface area (Å²) in [5, 5.41) is 2.92. The van der Waals surface area contributed by atoms with Crippen molar-refractivity contribution in [3.05, 3.63) is 35.4 Å². The third-order valence-electron chi connectivity index (χ3n) is 6.17. The molecule has 6 nitrogen and oxygen atoms in total. The number of rotatable bonds is 2. The highest BCUT2D eigenvalue weighted by Gasteiger charge is 2.54. The summed E-state index contributed by atoms with van der Waals surface area (Å²) in [5.41, 5.74) is 0.975. The van der Waals surface area contributed by atoms with Gasteiger partial charge in [0, 0.05) is 13.1 Å². The fourth-order valence-electron chi connectivity index (χ4n) is 5.06. The van der Waals surface area contributed by atoms with E-state index in [2.05, 4.69) is 19.2 Å². The van der Waals surface area contributed by atoms with Gasteiger partial charge in [-0.15, -0.1) is 0 Å². The van der Waals surface area contributed by atoms with Crippen molar-refractivity contribution in [3.63, 3.8) is 0 Å². The summed E-state index contributed by atoms with van der Waals surface area (Å²) in [6.07, 6.45) is 3.43. The zero-order valence-corrected chi connectivity index (χ0v) is 16.0. The van der Waals surface area contributed by atoms with Gasteiger partial charge in [0.1, 0.15) is 12.1 Å². The van der Waals surface area contributed by atoms with Crippen LogP contribution in [-0.4, -0.2) is 47.3 Å². The molecule has 1 aromatic rings. The number of carbonyl (C=O) groups is 3. The Balaban J connectivity index is 1.55. The Morgan fingerprint density at radius 1 is 1.19 bits per heavy atom. The van der Waals surface area contributed by atoms with E-state index in [1.807, 2.05) is 24.3 Å². The van der Waals surface area contributed by atoms with Crippen molar-refractivity contribution in [1.29, 1.82) is 0 Å². The molecule has 1 aromatic carbocycles. The van der Waals surface area contributed by atoms with Crippen LogP contribution in [0, 0.1) is 11.8 Å². The molecular weight excluding hydrogens is 342 g/mol. The van der Waals surface area contributed by atoms with Gasteiger partial charge in [-0.1, -0.05) is 38.1 Å². The zero-order valence-electron chi connectivity index (χ0n) is 16.0. The topological polar surface area (TPSA) is 69.7 Å². The highest BCUT2D eigenvalue weighted by molar-refractivity contribution is 6.09. The normalized spacial score (nSPS) is 30.4. The van der Waals surface area contributed by atoms with Crippen LogP contribution in [0.2, 0.25) is 0 Å². The minimum Gasteiger partial charge on any atom is -0.341 e. The highest BCUT2D eigenvalue weighted by atomic mass is 16.2. The molecule has 3 atom stereocenters. The molecule has 4 rings (SSSR count). The third-order valence-corrected chi connectivity index (χ3v) is 6.17. The van der Waals surface area contributed by atoms with E-state index >= 15 is 0 Å². The van der Waals surface area contributed by atoms with Crippen LogP contribution in [0.1, 0.15) is 44.2 Å². The second kappa shape index (κ2) is 6.66. The first-order valence-corrected chi connectivity index (χ1v) is 9.91. The standard InChI is InChI=1S/C21H27N3O3/c1-14-10-15(2)12-23(11-14)18(25)13-24-19(26)21(22-20(24)27)9-5-7-16-6-3-4-8-17(16)21/h3-4,6,8,14-15H,5,7,9-13H2,1-2H3,(H,22,27)/t14-,15-,21-/m1/s1. The third kappa shape index (κ3) is 3.01. The van der Waals surface area contributed by atoms with Crippen molar-refractivity contribution < 1.29 is 14.4 Å². The Labute approximate surface area is 159 Å². The van der Waals surface area contributed by atoms with E-state index in [9.17, 15) is 14.4 Å². The maximum absolute atomic E-state index is 13.3. The largest absolute Gasteiger partial charge is 0.341 e. The molecule has 0 unspecified atom stereocenters. The Hall–Kier alpha value is -2.37. The van der Waals surface area contributed by atoms with Crippen LogP contribution >= 0.6 is 0 Å². The number of benzene rings is 1. The van der Waals surface area contributed by atoms with Crippen LogP contribution < -0.4 is 5.32 Å². The number of nitrogens with zero attached hydrogens (tertiary/aromatic N) is 2. The van der Waals surface area contributed by atoms with Gasteiger partial charge in [-0.3, -0.25) is 14.5 Å². The first-order valence-electron chi connectivity index (χ1n) is 9.91. The molecule has 27 heavy (non-hydrogen) atoms. The van der Waals surface area contributed by atoms with Gasteiger partial charge >= 0.3 is 6.03 Å². The molecule has 0 saturated carbocycles. The monoisotopic (exact) mass is 369 g/mol. The van der Waals surface area contributed by atoms with Crippen LogP contribution in [0.25, 0.3) is 0 Å². The molecule has 4 amide bonds. The number of aryl methyl sites for hydroxylation is 1. The maximum atomic E-state index is 13.3. The number of piperidine rings is 1. The van der Waals surface area contributed by atoms with Crippen molar-refractivity contribution >= 4 is 17.8 Å². The number of urea groups is 1. The molecule has 2 heterocycles. The first-order chi connectivity index (χ1) is 12.9. The fourth-order valence-corrected chi connectivity index (χ4v) is 5.06. The van der Waals surface area contributed by atoms with Crippen molar-refractivity contribution in [3.8, 4) is 0 Å². The number of likely N-dealkylation sites (tertiary alicyclic amines) is 1. The molecule has 0 aromatic heterocycles. The molecule has 1 N–H and O–H groups in total. The minimum absolute atomic E-state index is 0.141. The summed E-state index contributed by atoms with van der Waals surface area (Å²) in [6, 6.07) is 7.34. The molecule has 2 fully saturated rings. The number of fused-ring (bicyclic) bond motifs is 2. The summed E-state index contributed by atoms with van der Waals surface area (Å²) in [4.78, 5) is 41.6. The van der Waals surface area contributed by atoms with Crippen molar-refractivity contribution in [2.45, 2.75) is 45.1 Å². The van der Waals surface area contributed by atoms with Gasteiger partial charge in [-0.25, -0.2) is 4.79 Å². The number of hydrogen-bond acceptors (Lipinski definition) is 3. The highest BCUT2D eigenvalue weighted by Crippen LogP contribution is 2.39. The van der Waals surface area contributed by atoms with Crippen molar-refractivity contribution in [2.75, 3.05) is 19.6 Å². The van der Waals surface area contributed by atoms with E-state index in [0.29, 0.717) is 31.3 Å². The summed E-state index contributed by atoms with van der Waals surface area (Å²) >= 11 is 0. The molecule has 2 saturated heterocycles. The predicted molar refractivity (Wildman–Crippen MR) is 101 cm³/mol. The van der Waals surface area contributed by atoms with Crippen molar-refractivity contribution in [1.82, 2.24) is 15.1 Å². The van der Waals surface area contributed by atoms with Crippen LogP contribution in [0.4, 0.5) is 4.79 Å². The second-order valence-corrected chi connectivity index (χ2v) is 8.48. The Morgan fingerprint density at radius 3 is 2.63 bits per heavy atom. The van der Waals surface area contributed by atoms with E-state index in [-0.39, 0.29) is 18.4 Å². The second-order valence-electron chi connectivity index (χ2n) is 8.48. The van der Waals surface area contributed by atoms with Gasteiger partial charge in [0.05, 0.1) is 0 Å². The smallest absolute Gasteiger partial charge is 0.325 e. The minimum atomic E-state index is -1.01. The predicted octanol–water partition coefficient (Wildman–Crippen LogP) is 2.27. The van der Waals surface area contributed by atoms with Crippen LogP contribution in [-0.2, 0) is 21.5 Å². The number of hydrogen-bond donors (Lipinski definition) is 1. The van der Waals surface area contributed by atoms with E-state index in [0.717, 1.165) is 35.3 Å². The zero-order chi connectivity index (χ0) is 19.2. The quantitative estimate of drug-likeness (QED) is 0.813. The van der Waals surface area contributed by atoms with E-state index in [1.165, 1.54) is 0 Å². The molecule has 1 aliphatic carbocycles. The molecule has 6 heteroatoms. The molecule has 0 radical (unpaired) electrons. The van der Waals surface area contributed by atoms with Gasteiger partial charge in [0.25, 0.3) is 5.91 Å². The Bertz CT molecular complexity index is 783.